The number of sulfonamides is 1. The van der Waals surface area contributed by atoms with Crippen LogP contribution in [0.4, 0.5) is 5.82 Å². The van der Waals surface area contributed by atoms with Crippen molar-refractivity contribution >= 4 is 33.3 Å². The van der Waals surface area contributed by atoms with Crippen LogP contribution >= 0.6 is 11.6 Å². The summed E-state index contributed by atoms with van der Waals surface area (Å²) in [5, 5.41) is 7.82. The molecule has 31 heavy (non-hydrogen) atoms. The van der Waals surface area contributed by atoms with E-state index in [-0.39, 0.29) is 10.6 Å². The van der Waals surface area contributed by atoms with Crippen LogP contribution < -0.4 is 5.32 Å². The van der Waals surface area contributed by atoms with Crippen LogP contribution in [0.15, 0.2) is 47.5 Å². The molecule has 1 N–H and O–H groups in total. The molecule has 0 unspecified atom stereocenters. The van der Waals surface area contributed by atoms with Crippen LogP contribution in [0.25, 0.3) is 5.69 Å². The average Bonchev–Trinajstić information content (AvgIpc) is 3.31. The van der Waals surface area contributed by atoms with Crippen molar-refractivity contribution in [3.63, 3.8) is 0 Å². The molecular weight excluding hydrogens is 438 g/mol. The number of nitrogens with one attached hydrogen (secondary N) is 1. The first-order valence-corrected chi connectivity index (χ1v) is 11.9. The van der Waals surface area contributed by atoms with Crippen LogP contribution in [-0.4, -0.2) is 46.1 Å². The second kappa shape index (κ2) is 8.49. The van der Waals surface area contributed by atoms with Crippen molar-refractivity contribution in [2.45, 2.75) is 31.1 Å². The van der Waals surface area contributed by atoms with Gasteiger partial charge in [0.05, 0.1) is 11.4 Å². The van der Waals surface area contributed by atoms with Gasteiger partial charge in [-0.15, -0.1) is 0 Å². The summed E-state index contributed by atoms with van der Waals surface area (Å²) in [6.45, 7) is 2.84. The lowest BCUT2D eigenvalue weighted by Crippen LogP contribution is -2.35. The van der Waals surface area contributed by atoms with E-state index >= 15 is 0 Å². The molecule has 0 bridgehead atoms. The highest BCUT2D eigenvalue weighted by Crippen LogP contribution is 2.24. The molecule has 0 saturated carbocycles. The highest BCUT2D eigenvalue weighted by molar-refractivity contribution is 7.89. The van der Waals surface area contributed by atoms with Crippen LogP contribution in [0.3, 0.4) is 0 Å². The number of anilines is 1. The fourth-order valence-electron chi connectivity index (χ4n) is 3.73. The molecule has 2 aromatic heterocycles. The molecule has 0 spiro atoms. The molecule has 0 aliphatic carbocycles. The summed E-state index contributed by atoms with van der Waals surface area (Å²) in [4.78, 5) is 13.1. The maximum Gasteiger partial charge on any atom is 0.273 e. The van der Waals surface area contributed by atoms with E-state index in [1.807, 2.05) is 13.0 Å². The highest BCUT2D eigenvalue weighted by Gasteiger charge is 2.28. The van der Waals surface area contributed by atoms with Gasteiger partial charge in [-0.05, 0) is 44.0 Å². The van der Waals surface area contributed by atoms with Gasteiger partial charge in [0.2, 0.25) is 10.0 Å². The van der Waals surface area contributed by atoms with Gasteiger partial charge in [-0.2, -0.15) is 9.40 Å². The summed E-state index contributed by atoms with van der Waals surface area (Å²) in [5.41, 5.74) is 1.67. The second-order valence-electron chi connectivity index (χ2n) is 7.65. The molecule has 8 nitrogen and oxygen atoms in total. The molecule has 1 aliphatic rings. The normalized spacial score (nSPS) is 15.2. The zero-order valence-electron chi connectivity index (χ0n) is 17.4. The summed E-state index contributed by atoms with van der Waals surface area (Å²) in [5.74, 6) is 0.0391. The number of aromatic nitrogens is 3. The van der Waals surface area contributed by atoms with E-state index in [0.29, 0.717) is 29.6 Å². The number of carbonyl (C=O) groups is 1. The first kappa shape index (κ1) is 21.6. The molecule has 3 aromatic rings. The monoisotopic (exact) mass is 461 g/mol. The molecule has 1 amide bonds. The summed E-state index contributed by atoms with van der Waals surface area (Å²) in [6.07, 6.45) is 4.23. The van der Waals surface area contributed by atoms with Crippen molar-refractivity contribution in [2.75, 3.05) is 18.4 Å². The van der Waals surface area contributed by atoms with E-state index in [4.69, 9.17) is 11.6 Å². The van der Waals surface area contributed by atoms with E-state index in [1.54, 1.807) is 36.0 Å². The van der Waals surface area contributed by atoms with Gasteiger partial charge in [0.15, 0.2) is 0 Å². The van der Waals surface area contributed by atoms with Gasteiger partial charge in [-0.3, -0.25) is 4.79 Å². The van der Waals surface area contributed by atoms with E-state index in [2.05, 4.69) is 10.4 Å². The van der Waals surface area contributed by atoms with E-state index in [0.717, 1.165) is 25.0 Å². The summed E-state index contributed by atoms with van der Waals surface area (Å²) < 4.78 is 30.5. The van der Waals surface area contributed by atoms with Gasteiger partial charge >= 0.3 is 0 Å². The SMILES string of the molecule is Cc1cc(NC(=O)c2cc(S(=O)(=O)N3CCCCC3)cn2C)n(-c2cccc(Cl)c2)n1. The van der Waals surface area contributed by atoms with Crippen molar-refractivity contribution in [1.29, 1.82) is 0 Å². The molecule has 164 valence electrons. The fraction of sp³-hybridized carbons (Fsp3) is 0.333. The van der Waals surface area contributed by atoms with Crippen LogP contribution in [0.2, 0.25) is 5.02 Å². The number of hydrogen-bond donors (Lipinski definition) is 1. The molecular formula is C21H24ClN5O3S. The predicted octanol–water partition coefficient (Wildman–Crippen LogP) is 3.60. The topological polar surface area (TPSA) is 89.2 Å². The molecule has 1 aromatic carbocycles. The Morgan fingerprint density at radius 2 is 1.87 bits per heavy atom. The molecule has 0 atom stereocenters. The van der Waals surface area contributed by atoms with Crippen LogP contribution in [0.5, 0.6) is 0 Å². The highest BCUT2D eigenvalue weighted by atomic mass is 35.5. The largest absolute Gasteiger partial charge is 0.345 e. The minimum absolute atomic E-state index is 0.126. The summed E-state index contributed by atoms with van der Waals surface area (Å²) in [7, 11) is -1.97. The second-order valence-corrected chi connectivity index (χ2v) is 10.0. The Morgan fingerprint density at radius 1 is 1.13 bits per heavy atom. The number of piperidine rings is 1. The van der Waals surface area contributed by atoms with E-state index in [9.17, 15) is 13.2 Å². The number of amides is 1. The molecule has 3 heterocycles. The maximum absolute atomic E-state index is 13.0. The molecule has 10 heteroatoms. The number of halogens is 1. The zero-order chi connectivity index (χ0) is 22.2. The summed E-state index contributed by atoms with van der Waals surface area (Å²) in [6, 6.07) is 10.3. The van der Waals surface area contributed by atoms with Crippen LogP contribution in [0, 0.1) is 6.92 Å². The number of aryl methyl sites for hydroxylation is 2. The molecule has 0 radical (unpaired) electrons. The maximum atomic E-state index is 13.0. The lowest BCUT2D eigenvalue weighted by Gasteiger charge is -2.25. The third kappa shape index (κ3) is 4.39. The smallest absolute Gasteiger partial charge is 0.273 e. The number of benzene rings is 1. The predicted molar refractivity (Wildman–Crippen MR) is 119 cm³/mol. The van der Waals surface area contributed by atoms with Gasteiger partial charge in [0.25, 0.3) is 5.91 Å². The Kier molecular flexibility index (Phi) is 5.92. The molecule has 1 aliphatic heterocycles. The summed E-state index contributed by atoms with van der Waals surface area (Å²) >= 11 is 6.09. The zero-order valence-corrected chi connectivity index (χ0v) is 18.9. The van der Waals surface area contributed by atoms with Crippen molar-refractivity contribution in [2.24, 2.45) is 7.05 Å². The standard InChI is InChI=1S/C21H24ClN5O3S/c1-15-11-20(27(24-15)17-8-6-7-16(22)12-17)23-21(28)19-13-18(14-25(19)2)31(29,30)26-9-4-3-5-10-26/h6-8,11-14H,3-5,9-10H2,1-2H3,(H,23,28). The van der Waals surface area contributed by atoms with Crippen LogP contribution in [0.1, 0.15) is 35.4 Å². The third-order valence-corrected chi connectivity index (χ3v) is 7.39. The van der Waals surface area contributed by atoms with Gasteiger partial charge in [0.1, 0.15) is 16.4 Å². The number of nitrogens with zero attached hydrogens (tertiary/aromatic N) is 4. The van der Waals surface area contributed by atoms with Gasteiger partial charge in [0, 0.05) is 37.4 Å². The van der Waals surface area contributed by atoms with Crippen LogP contribution in [-0.2, 0) is 17.1 Å². The third-order valence-electron chi connectivity index (χ3n) is 5.29. The quantitative estimate of drug-likeness (QED) is 0.628. The number of hydrogen-bond acceptors (Lipinski definition) is 4. The average molecular weight is 462 g/mol. The van der Waals surface area contributed by atoms with Gasteiger partial charge < -0.3 is 9.88 Å². The number of carbonyl (C=O) groups excluding carboxylic acids is 1. The minimum Gasteiger partial charge on any atom is -0.345 e. The van der Waals surface area contributed by atoms with Crippen molar-refractivity contribution in [1.82, 2.24) is 18.7 Å². The minimum atomic E-state index is -3.62. The van der Waals surface area contributed by atoms with Crippen molar-refractivity contribution < 1.29 is 13.2 Å². The molecule has 1 saturated heterocycles. The lowest BCUT2D eigenvalue weighted by atomic mass is 10.2. The Balaban J connectivity index is 1.61. The van der Waals surface area contributed by atoms with E-state index < -0.39 is 15.9 Å². The lowest BCUT2D eigenvalue weighted by molar-refractivity contribution is 0.101. The Bertz CT molecular complexity index is 1230. The van der Waals surface area contributed by atoms with Gasteiger partial charge in [-0.25, -0.2) is 13.1 Å². The number of rotatable bonds is 5. The molecule has 1 fully saturated rings. The Labute approximate surface area is 186 Å². The van der Waals surface area contributed by atoms with E-state index in [1.165, 1.54) is 21.1 Å². The van der Waals surface area contributed by atoms with Crippen molar-refractivity contribution in [3.8, 4) is 5.69 Å². The fourth-order valence-corrected chi connectivity index (χ4v) is 5.50. The molecule has 4 rings (SSSR count). The Morgan fingerprint density at radius 3 is 2.58 bits per heavy atom. The van der Waals surface area contributed by atoms with Gasteiger partial charge in [-0.1, -0.05) is 24.1 Å². The first-order valence-electron chi connectivity index (χ1n) is 10.1. The Hall–Kier alpha value is -2.62. The first-order chi connectivity index (χ1) is 14.8. The van der Waals surface area contributed by atoms with Crippen molar-refractivity contribution in [3.05, 3.63) is 59.0 Å².